The molecule has 0 spiro atoms. The van der Waals surface area contributed by atoms with Gasteiger partial charge in [-0.15, -0.1) is 0 Å². The maximum absolute atomic E-state index is 11.1. The Hall–Kier alpha value is -1.90. The van der Waals surface area contributed by atoms with Crippen LogP contribution < -0.4 is 10.2 Å². The highest BCUT2D eigenvalue weighted by molar-refractivity contribution is 7.90. The van der Waals surface area contributed by atoms with Crippen LogP contribution in [0.25, 0.3) is 0 Å². The molecule has 0 saturated carbocycles. The molecule has 0 aliphatic heterocycles. The molecule has 1 N–H and O–H groups in total. The number of nitro groups is 1. The van der Waals surface area contributed by atoms with Crippen molar-refractivity contribution in [3.05, 3.63) is 22.2 Å². The third-order valence-corrected chi connectivity index (χ3v) is 3.38. The average Bonchev–Trinajstić information content (AvgIpc) is 2.34. The number of anilines is 2. The summed E-state index contributed by atoms with van der Waals surface area (Å²) in [6.45, 7) is 0.218. The van der Waals surface area contributed by atoms with Gasteiger partial charge in [0.15, 0.2) is 0 Å². The molecular formula is C10H16N4O4S. The maximum atomic E-state index is 11.1. The van der Waals surface area contributed by atoms with E-state index < -0.39 is 14.8 Å². The van der Waals surface area contributed by atoms with Crippen molar-refractivity contribution in [2.24, 2.45) is 0 Å². The molecule has 0 saturated heterocycles. The van der Waals surface area contributed by atoms with Crippen LogP contribution in [-0.2, 0) is 9.84 Å². The highest BCUT2D eigenvalue weighted by atomic mass is 32.2. The van der Waals surface area contributed by atoms with E-state index in [9.17, 15) is 18.5 Å². The van der Waals surface area contributed by atoms with Gasteiger partial charge < -0.3 is 10.2 Å². The van der Waals surface area contributed by atoms with Gasteiger partial charge in [-0.25, -0.2) is 13.4 Å². The van der Waals surface area contributed by atoms with Gasteiger partial charge in [0, 0.05) is 26.9 Å². The van der Waals surface area contributed by atoms with Crippen LogP contribution in [0, 0.1) is 10.1 Å². The second-order valence-corrected chi connectivity index (χ2v) is 6.39. The minimum Gasteiger partial charge on any atom is -0.373 e. The van der Waals surface area contributed by atoms with Gasteiger partial charge >= 0.3 is 0 Å². The molecule has 1 aromatic rings. The molecule has 1 rings (SSSR count). The fourth-order valence-electron chi connectivity index (χ4n) is 1.35. The molecule has 0 aromatic carbocycles. The molecule has 0 aliphatic rings. The Kier molecular flexibility index (Phi) is 4.65. The third kappa shape index (κ3) is 4.70. The van der Waals surface area contributed by atoms with Crippen molar-refractivity contribution in [1.29, 1.82) is 0 Å². The summed E-state index contributed by atoms with van der Waals surface area (Å²) in [7, 11) is 0.151. The molecule has 0 unspecified atom stereocenters. The van der Waals surface area contributed by atoms with Crippen LogP contribution in [-0.4, -0.2) is 51.0 Å². The van der Waals surface area contributed by atoms with Crippen molar-refractivity contribution in [1.82, 2.24) is 4.98 Å². The van der Waals surface area contributed by atoms with E-state index in [-0.39, 0.29) is 18.0 Å². The number of sulfone groups is 1. The van der Waals surface area contributed by atoms with E-state index in [2.05, 4.69) is 10.3 Å². The van der Waals surface area contributed by atoms with E-state index in [0.717, 1.165) is 6.26 Å². The molecule has 19 heavy (non-hydrogen) atoms. The summed E-state index contributed by atoms with van der Waals surface area (Å²) in [5.41, 5.74) is -0.0967. The quantitative estimate of drug-likeness (QED) is 0.600. The topological polar surface area (TPSA) is 105 Å². The number of rotatable bonds is 6. The number of pyridine rings is 1. The van der Waals surface area contributed by atoms with Crippen molar-refractivity contribution in [3.8, 4) is 0 Å². The number of nitrogens with one attached hydrogen (secondary N) is 1. The van der Waals surface area contributed by atoms with Crippen LogP contribution in [0.1, 0.15) is 0 Å². The monoisotopic (exact) mass is 288 g/mol. The minimum absolute atomic E-state index is 0.0389. The summed E-state index contributed by atoms with van der Waals surface area (Å²) in [6.07, 6.45) is 1.14. The van der Waals surface area contributed by atoms with Gasteiger partial charge in [0.05, 0.1) is 22.8 Å². The number of nitrogens with zero attached hydrogens (tertiary/aromatic N) is 3. The third-order valence-electron chi connectivity index (χ3n) is 2.45. The van der Waals surface area contributed by atoms with Gasteiger partial charge in [-0.2, -0.15) is 0 Å². The minimum atomic E-state index is -3.09. The van der Waals surface area contributed by atoms with Crippen LogP contribution in [0.15, 0.2) is 12.1 Å². The zero-order chi connectivity index (χ0) is 14.6. The summed E-state index contributed by atoms with van der Waals surface area (Å²) in [5.74, 6) is 0.667. The molecule has 0 radical (unpaired) electrons. The Bertz CT molecular complexity index is 573. The first-order valence-corrected chi connectivity index (χ1v) is 7.52. The van der Waals surface area contributed by atoms with E-state index >= 15 is 0 Å². The predicted molar refractivity (Wildman–Crippen MR) is 73.4 cm³/mol. The van der Waals surface area contributed by atoms with Crippen molar-refractivity contribution >= 4 is 27.2 Å². The van der Waals surface area contributed by atoms with Crippen molar-refractivity contribution in [3.63, 3.8) is 0 Å². The maximum Gasteiger partial charge on any atom is 0.276 e. The van der Waals surface area contributed by atoms with Crippen molar-refractivity contribution in [2.75, 3.05) is 42.9 Å². The van der Waals surface area contributed by atoms with Gasteiger partial charge in [0.25, 0.3) is 5.69 Å². The lowest BCUT2D eigenvalue weighted by molar-refractivity contribution is -0.384. The zero-order valence-electron chi connectivity index (χ0n) is 11.0. The van der Waals surface area contributed by atoms with E-state index in [4.69, 9.17) is 0 Å². The van der Waals surface area contributed by atoms with Gasteiger partial charge in [-0.1, -0.05) is 0 Å². The van der Waals surface area contributed by atoms with Crippen molar-refractivity contribution < 1.29 is 13.3 Å². The standard InChI is InChI=1S/C10H16N4O4S/c1-11-9-6-8(14(15)16)7-10(12-9)13(2)4-5-19(3,17)18/h6-7H,4-5H2,1-3H3,(H,11,12). The fourth-order valence-corrected chi connectivity index (χ4v) is 1.95. The average molecular weight is 288 g/mol. The van der Waals surface area contributed by atoms with Crippen LogP contribution in [0.4, 0.5) is 17.3 Å². The van der Waals surface area contributed by atoms with E-state index in [1.54, 1.807) is 19.0 Å². The Morgan fingerprint density at radius 1 is 1.47 bits per heavy atom. The SMILES string of the molecule is CNc1cc([N+](=O)[O-])cc(N(C)CCS(C)(=O)=O)n1. The molecule has 0 aliphatic carbocycles. The highest BCUT2D eigenvalue weighted by Crippen LogP contribution is 2.22. The Morgan fingerprint density at radius 2 is 2.11 bits per heavy atom. The lowest BCUT2D eigenvalue weighted by Gasteiger charge is -2.18. The fraction of sp³-hybridized carbons (Fsp3) is 0.500. The molecule has 1 heterocycles. The normalized spacial score (nSPS) is 11.1. The van der Waals surface area contributed by atoms with Gasteiger partial charge in [-0.3, -0.25) is 10.1 Å². The second-order valence-electron chi connectivity index (χ2n) is 4.13. The second kappa shape index (κ2) is 5.83. The Balaban J connectivity index is 2.98. The summed E-state index contributed by atoms with van der Waals surface area (Å²) >= 11 is 0. The largest absolute Gasteiger partial charge is 0.373 e. The number of aromatic nitrogens is 1. The first-order chi connectivity index (χ1) is 8.73. The molecule has 8 nitrogen and oxygen atoms in total. The lowest BCUT2D eigenvalue weighted by atomic mass is 10.3. The summed E-state index contributed by atoms with van der Waals surface area (Å²) in [4.78, 5) is 16.0. The molecule has 0 atom stereocenters. The van der Waals surface area contributed by atoms with E-state index in [1.807, 2.05) is 0 Å². The zero-order valence-corrected chi connectivity index (χ0v) is 11.8. The predicted octanol–water partition coefficient (Wildman–Crippen LogP) is 0.512. The smallest absolute Gasteiger partial charge is 0.276 e. The van der Waals surface area contributed by atoms with E-state index in [0.29, 0.717) is 11.6 Å². The van der Waals surface area contributed by atoms with Crippen LogP contribution >= 0.6 is 0 Å². The Labute approximate surface area is 111 Å². The van der Waals surface area contributed by atoms with E-state index in [1.165, 1.54) is 12.1 Å². The highest BCUT2D eigenvalue weighted by Gasteiger charge is 2.14. The summed E-state index contributed by atoms with van der Waals surface area (Å²) < 4.78 is 22.2. The molecule has 0 bridgehead atoms. The summed E-state index contributed by atoms with van der Waals surface area (Å²) in [6, 6.07) is 2.62. The van der Waals surface area contributed by atoms with Crippen LogP contribution in [0.5, 0.6) is 0 Å². The number of hydrogen-bond acceptors (Lipinski definition) is 7. The first kappa shape index (κ1) is 15.2. The molecule has 1 aromatic heterocycles. The van der Waals surface area contributed by atoms with Gasteiger partial charge in [0.1, 0.15) is 21.5 Å². The van der Waals surface area contributed by atoms with Gasteiger partial charge in [0.2, 0.25) is 0 Å². The molecule has 9 heteroatoms. The molecule has 106 valence electrons. The Morgan fingerprint density at radius 3 is 2.58 bits per heavy atom. The first-order valence-electron chi connectivity index (χ1n) is 5.46. The lowest BCUT2D eigenvalue weighted by Crippen LogP contribution is -2.25. The summed E-state index contributed by atoms with van der Waals surface area (Å²) in [5, 5.41) is 13.5. The molecular weight excluding hydrogens is 272 g/mol. The van der Waals surface area contributed by atoms with Gasteiger partial charge in [-0.05, 0) is 0 Å². The molecule has 0 fully saturated rings. The van der Waals surface area contributed by atoms with Crippen LogP contribution in [0.3, 0.4) is 0 Å². The number of hydrogen-bond donors (Lipinski definition) is 1. The molecule has 0 amide bonds. The van der Waals surface area contributed by atoms with Crippen molar-refractivity contribution in [2.45, 2.75) is 0 Å². The van der Waals surface area contributed by atoms with Crippen LogP contribution in [0.2, 0.25) is 0 Å².